The summed E-state index contributed by atoms with van der Waals surface area (Å²) in [6.45, 7) is 5.29. The van der Waals surface area contributed by atoms with E-state index in [0.29, 0.717) is 12.1 Å². The third kappa shape index (κ3) is 3.04. The highest BCUT2D eigenvalue weighted by atomic mass is 16.6. The second-order valence-corrected chi connectivity index (χ2v) is 5.45. The largest absolute Gasteiger partial charge is 0.393 e. The Morgan fingerprint density at radius 1 is 1.37 bits per heavy atom. The van der Waals surface area contributed by atoms with Crippen molar-refractivity contribution in [2.75, 3.05) is 5.73 Å². The fourth-order valence-corrected chi connectivity index (χ4v) is 2.87. The van der Waals surface area contributed by atoms with Gasteiger partial charge < -0.3 is 5.73 Å². The van der Waals surface area contributed by atoms with Gasteiger partial charge in [-0.25, -0.2) is 0 Å². The van der Waals surface area contributed by atoms with Crippen molar-refractivity contribution in [3.63, 3.8) is 0 Å². The van der Waals surface area contributed by atoms with Gasteiger partial charge in [-0.2, -0.15) is 0 Å². The Labute approximate surface area is 113 Å². The Morgan fingerprint density at radius 2 is 2.00 bits per heavy atom. The number of hydrogen-bond acceptors (Lipinski definition) is 4. The van der Waals surface area contributed by atoms with Crippen molar-refractivity contribution >= 4 is 11.4 Å². The molecular weight excluding hydrogens is 242 g/mol. The van der Waals surface area contributed by atoms with Gasteiger partial charge in [0.15, 0.2) is 0 Å². The molecule has 1 aliphatic heterocycles. The van der Waals surface area contributed by atoms with Gasteiger partial charge in [0, 0.05) is 24.7 Å². The van der Waals surface area contributed by atoms with Crippen molar-refractivity contribution in [3.8, 4) is 0 Å². The van der Waals surface area contributed by atoms with Crippen molar-refractivity contribution in [3.05, 3.63) is 33.9 Å². The molecule has 0 saturated carbocycles. The molecule has 0 aliphatic carbocycles. The van der Waals surface area contributed by atoms with Crippen LogP contribution in [0.3, 0.4) is 0 Å². The molecule has 5 heteroatoms. The predicted molar refractivity (Wildman–Crippen MR) is 75.8 cm³/mol. The van der Waals surface area contributed by atoms with Gasteiger partial charge in [-0.3, -0.25) is 15.0 Å². The van der Waals surface area contributed by atoms with Crippen LogP contribution in [-0.4, -0.2) is 21.9 Å². The first-order valence-corrected chi connectivity index (χ1v) is 6.77. The number of anilines is 1. The summed E-state index contributed by atoms with van der Waals surface area (Å²) in [7, 11) is 0. The third-order valence-electron chi connectivity index (χ3n) is 4.03. The van der Waals surface area contributed by atoms with E-state index in [1.165, 1.54) is 25.3 Å². The first-order valence-electron chi connectivity index (χ1n) is 6.77. The topological polar surface area (TPSA) is 72.4 Å². The molecule has 104 valence electrons. The molecule has 0 radical (unpaired) electrons. The minimum absolute atomic E-state index is 0.0107. The number of nitrogens with two attached hydrogens (primary N) is 1. The van der Waals surface area contributed by atoms with E-state index in [-0.39, 0.29) is 11.4 Å². The number of rotatable bonds is 3. The number of nitrogens with zero attached hydrogens (tertiary/aromatic N) is 2. The molecule has 1 aliphatic rings. The van der Waals surface area contributed by atoms with Crippen LogP contribution < -0.4 is 5.73 Å². The third-order valence-corrected chi connectivity index (χ3v) is 4.03. The van der Waals surface area contributed by atoms with Crippen LogP contribution in [0.2, 0.25) is 0 Å². The van der Waals surface area contributed by atoms with E-state index in [9.17, 15) is 10.1 Å². The zero-order valence-corrected chi connectivity index (χ0v) is 11.5. The Bertz CT molecular complexity index is 466. The summed E-state index contributed by atoms with van der Waals surface area (Å²) in [6, 6.07) is 6.15. The summed E-state index contributed by atoms with van der Waals surface area (Å²) in [4.78, 5) is 12.8. The molecule has 1 saturated heterocycles. The zero-order valence-electron chi connectivity index (χ0n) is 11.5. The monoisotopic (exact) mass is 263 g/mol. The lowest BCUT2D eigenvalue weighted by molar-refractivity contribution is -0.383. The number of nitrogen functional groups attached to an aromatic ring is 1. The zero-order chi connectivity index (χ0) is 14.0. The molecule has 1 fully saturated rings. The van der Waals surface area contributed by atoms with Crippen molar-refractivity contribution in [2.24, 2.45) is 0 Å². The number of piperidine rings is 1. The second-order valence-electron chi connectivity index (χ2n) is 5.45. The van der Waals surface area contributed by atoms with Crippen molar-refractivity contribution in [1.29, 1.82) is 0 Å². The van der Waals surface area contributed by atoms with E-state index in [2.05, 4.69) is 18.7 Å². The predicted octanol–water partition coefficient (Wildman–Crippen LogP) is 2.94. The van der Waals surface area contributed by atoms with Crippen molar-refractivity contribution in [2.45, 2.75) is 51.7 Å². The van der Waals surface area contributed by atoms with Gasteiger partial charge in [0.1, 0.15) is 5.69 Å². The summed E-state index contributed by atoms with van der Waals surface area (Å²) in [5, 5.41) is 10.7. The number of likely N-dealkylation sites (tertiary alicyclic amines) is 1. The number of nitro groups is 1. The number of hydrogen-bond donors (Lipinski definition) is 1. The normalized spacial score (nSPS) is 24.3. The van der Waals surface area contributed by atoms with Crippen molar-refractivity contribution in [1.82, 2.24) is 4.90 Å². The Kier molecular flexibility index (Phi) is 4.04. The SMILES string of the molecule is C[C@@H]1CCC[C@H](C)N1Cc1ccc([N+](=O)[O-])c(N)c1. The molecule has 2 atom stereocenters. The Balaban J connectivity index is 2.14. The second kappa shape index (κ2) is 5.57. The summed E-state index contributed by atoms with van der Waals surface area (Å²) in [5.74, 6) is 0. The first kappa shape index (κ1) is 13.8. The fourth-order valence-electron chi connectivity index (χ4n) is 2.87. The van der Waals surface area contributed by atoms with E-state index >= 15 is 0 Å². The molecule has 0 aromatic heterocycles. The minimum Gasteiger partial charge on any atom is -0.393 e. The maximum absolute atomic E-state index is 10.7. The molecule has 0 bridgehead atoms. The molecule has 0 unspecified atom stereocenters. The van der Waals surface area contributed by atoms with Gasteiger partial charge in [-0.05, 0) is 38.3 Å². The lowest BCUT2D eigenvalue weighted by Gasteiger charge is -2.39. The van der Waals surface area contributed by atoms with Crippen LogP contribution in [0, 0.1) is 10.1 Å². The maximum Gasteiger partial charge on any atom is 0.292 e. The van der Waals surface area contributed by atoms with Crippen LogP contribution in [0.15, 0.2) is 18.2 Å². The van der Waals surface area contributed by atoms with Gasteiger partial charge >= 0.3 is 0 Å². The highest BCUT2D eigenvalue weighted by Crippen LogP contribution is 2.27. The van der Waals surface area contributed by atoms with Crippen LogP contribution in [0.5, 0.6) is 0 Å². The van der Waals surface area contributed by atoms with Gasteiger partial charge in [0.25, 0.3) is 5.69 Å². The summed E-state index contributed by atoms with van der Waals surface area (Å²) >= 11 is 0. The summed E-state index contributed by atoms with van der Waals surface area (Å²) in [5.41, 5.74) is 7.02. The molecule has 0 spiro atoms. The van der Waals surface area contributed by atoms with Crippen molar-refractivity contribution < 1.29 is 4.92 Å². The van der Waals surface area contributed by atoms with Gasteiger partial charge in [-0.15, -0.1) is 0 Å². The first-order chi connectivity index (χ1) is 8.99. The number of nitro benzene ring substituents is 1. The van der Waals surface area contributed by atoms with Crippen LogP contribution in [0.1, 0.15) is 38.7 Å². The molecule has 1 aromatic rings. The average Bonchev–Trinajstić information content (AvgIpc) is 2.33. The van der Waals surface area contributed by atoms with Crippen LogP contribution >= 0.6 is 0 Å². The quantitative estimate of drug-likeness (QED) is 0.517. The van der Waals surface area contributed by atoms with Gasteiger partial charge in [0.05, 0.1) is 4.92 Å². The molecule has 0 amide bonds. The van der Waals surface area contributed by atoms with Crippen LogP contribution in [0.25, 0.3) is 0 Å². The fraction of sp³-hybridized carbons (Fsp3) is 0.571. The molecule has 1 aromatic carbocycles. The molecule has 2 rings (SSSR count). The molecular formula is C14H21N3O2. The van der Waals surface area contributed by atoms with E-state index in [4.69, 9.17) is 5.73 Å². The molecule has 5 nitrogen and oxygen atoms in total. The van der Waals surface area contributed by atoms with E-state index in [0.717, 1.165) is 12.1 Å². The van der Waals surface area contributed by atoms with Gasteiger partial charge in [0.2, 0.25) is 0 Å². The average molecular weight is 263 g/mol. The highest BCUT2D eigenvalue weighted by molar-refractivity contribution is 5.59. The van der Waals surface area contributed by atoms with Crippen LogP contribution in [-0.2, 0) is 6.54 Å². The summed E-state index contributed by atoms with van der Waals surface area (Å²) < 4.78 is 0. The Morgan fingerprint density at radius 3 is 2.53 bits per heavy atom. The lowest BCUT2D eigenvalue weighted by Crippen LogP contribution is -2.42. The van der Waals surface area contributed by atoms with Gasteiger partial charge in [-0.1, -0.05) is 12.5 Å². The minimum atomic E-state index is -0.439. The van der Waals surface area contributed by atoms with E-state index in [1.54, 1.807) is 6.07 Å². The van der Waals surface area contributed by atoms with E-state index in [1.807, 2.05) is 6.07 Å². The summed E-state index contributed by atoms with van der Waals surface area (Å²) in [6.07, 6.45) is 3.71. The highest BCUT2D eigenvalue weighted by Gasteiger charge is 2.24. The standard InChI is InChI=1S/C14H21N3O2/c1-10-4-3-5-11(2)16(10)9-12-6-7-14(17(18)19)13(15)8-12/h6-8,10-11H,3-5,9,15H2,1-2H3/t10-,11+. The van der Waals surface area contributed by atoms with E-state index < -0.39 is 4.92 Å². The molecule has 2 N–H and O–H groups in total. The lowest BCUT2D eigenvalue weighted by atomic mass is 9.96. The Hall–Kier alpha value is -1.62. The van der Waals surface area contributed by atoms with Crippen LogP contribution in [0.4, 0.5) is 11.4 Å². The molecule has 19 heavy (non-hydrogen) atoms. The number of benzene rings is 1. The maximum atomic E-state index is 10.7. The molecule has 1 heterocycles. The smallest absolute Gasteiger partial charge is 0.292 e.